The predicted molar refractivity (Wildman–Crippen MR) is 90.6 cm³/mol. The summed E-state index contributed by atoms with van der Waals surface area (Å²) in [4.78, 5) is 4.07. The van der Waals surface area contributed by atoms with Gasteiger partial charge in [-0.2, -0.15) is 0 Å². The molecule has 124 valence electrons. The maximum Gasteiger partial charge on any atom is 0.123 e. The number of rotatable bonds is 7. The molecule has 0 spiro atoms. The minimum absolute atomic E-state index is 0.00606. The number of imidazole rings is 1. The highest BCUT2D eigenvalue weighted by Gasteiger charge is 2.13. The van der Waals surface area contributed by atoms with Crippen molar-refractivity contribution in [2.45, 2.75) is 25.7 Å². The molecule has 0 saturated carbocycles. The van der Waals surface area contributed by atoms with E-state index in [0.717, 1.165) is 16.7 Å². The second-order valence-corrected chi connectivity index (χ2v) is 5.67. The van der Waals surface area contributed by atoms with Crippen LogP contribution in [0.5, 0.6) is 0 Å². The molecule has 2 aromatic carbocycles. The third-order valence-electron chi connectivity index (χ3n) is 4.05. The maximum absolute atomic E-state index is 13.2. The molecule has 1 heterocycles. The van der Waals surface area contributed by atoms with Gasteiger partial charge in [-0.3, -0.25) is 0 Å². The first kappa shape index (κ1) is 16.4. The molecule has 3 rings (SSSR count). The van der Waals surface area contributed by atoms with Crippen LogP contribution < -0.4 is 5.32 Å². The number of hydrogen-bond acceptors (Lipinski definition) is 3. The van der Waals surface area contributed by atoms with Crippen LogP contribution >= 0.6 is 0 Å². The molecule has 0 saturated heterocycles. The van der Waals surface area contributed by atoms with Crippen molar-refractivity contribution in [2.24, 2.45) is 0 Å². The maximum atomic E-state index is 13.2. The van der Waals surface area contributed by atoms with Crippen molar-refractivity contribution in [1.82, 2.24) is 14.9 Å². The summed E-state index contributed by atoms with van der Waals surface area (Å²) in [6.45, 7) is 1.32. The van der Waals surface area contributed by atoms with E-state index >= 15 is 0 Å². The number of aliphatic hydroxyl groups excluding tert-OH is 1. The highest BCUT2D eigenvalue weighted by atomic mass is 19.1. The quantitative estimate of drug-likeness (QED) is 0.702. The van der Waals surface area contributed by atoms with Gasteiger partial charge < -0.3 is 15.0 Å². The fraction of sp³-hybridized carbons (Fsp3) is 0.211. The molecular weight excluding hydrogens is 305 g/mol. The molecule has 0 aliphatic rings. The summed E-state index contributed by atoms with van der Waals surface area (Å²) in [5.74, 6) is -0.245. The molecule has 0 aliphatic carbocycles. The zero-order chi connectivity index (χ0) is 16.8. The lowest BCUT2D eigenvalue weighted by molar-refractivity contribution is 0.280. The largest absolute Gasteiger partial charge is 0.392 e. The number of halogens is 1. The van der Waals surface area contributed by atoms with E-state index in [9.17, 15) is 9.50 Å². The van der Waals surface area contributed by atoms with Gasteiger partial charge in [-0.15, -0.1) is 0 Å². The van der Waals surface area contributed by atoms with E-state index in [0.29, 0.717) is 13.1 Å². The molecule has 2 N–H and O–H groups in total. The van der Waals surface area contributed by atoms with Crippen LogP contribution in [0.15, 0.2) is 67.3 Å². The van der Waals surface area contributed by atoms with Crippen LogP contribution in [0.4, 0.5) is 4.39 Å². The molecule has 0 amide bonds. The van der Waals surface area contributed by atoms with E-state index in [1.165, 1.54) is 12.1 Å². The zero-order valence-electron chi connectivity index (χ0n) is 13.3. The predicted octanol–water partition coefficient (Wildman–Crippen LogP) is 3.05. The minimum Gasteiger partial charge on any atom is -0.392 e. The van der Waals surface area contributed by atoms with Crippen molar-refractivity contribution >= 4 is 0 Å². The summed E-state index contributed by atoms with van der Waals surface area (Å²) >= 11 is 0. The number of hydrogen-bond donors (Lipinski definition) is 2. The Morgan fingerprint density at radius 3 is 2.50 bits per heavy atom. The Hall–Kier alpha value is -2.50. The molecule has 0 fully saturated rings. The SMILES string of the molecule is OCc1ccccc1CNC(Cn1ccnc1)c1ccc(F)cc1. The van der Waals surface area contributed by atoms with Crippen molar-refractivity contribution in [3.8, 4) is 0 Å². The van der Waals surface area contributed by atoms with Crippen molar-refractivity contribution in [1.29, 1.82) is 0 Å². The van der Waals surface area contributed by atoms with Gasteiger partial charge in [0.25, 0.3) is 0 Å². The standard InChI is InChI=1S/C19H20FN3O/c20-18-7-5-15(6-8-18)19(12-23-10-9-21-14-23)22-11-16-3-1-2-4-17(16)13-24/h1-10,14,19,22,24H,11-13H2. The molecule has 4 nitrogen and oxygen atoms in total. The molecule has 1 unspecified atom stereocenters. The van der Waals surface area contributed by atoms with Gasteiger partial charge in [0, 0.05) is 25.5 Å². The van der Waals surface area contributed by atoms with Gasteiger partial charge in [0.05, 0.1) is 19.0 Å². The third-order valence-corrected chi connectivity index (χ3v) is 4.05. The summed E-state index contributed by atoms with van der Waals surface area (Å²) in [6.07, 6.45) is 5.41. The lowest BCUT2D eigenvalue weighted by atomic mass is 10.0. The first-order valence-corrected chi connectivity index (χ1v) is 7.88. The average molecular weight is 325 g/mol. The Kier molecular flexibility index (Phi) is 5.36. The molecule has 0 aliphatic heterocycles. The second kappa shape index (κ2) is 7.86. The topological polar surface area (TPSA) is 50.1 Å². The second-order valence-electron chi connectivity index (χ2n) is 5.67. The summed E-state index contributed by atoms with van der Waals surface area (Å²) in [6, 6.07) is 14.3. The molecule has 3 aromatic rings. The first-order chi connectivity index (χ1) is 11.8. The van der Waals surface area contributed by atoms with Gasteiger partial charge in [0.1, 0.15) is 5.82 Å². The van der Waals surface area contributed by atoms with Gasteiger partial charge in [0.15, 0.2) is 0 Å². The summed E-state index contributed by atoms with van der Waals surface area (Å²) in [7, 11) is 0. The van der Waals surface area contributed by atoms with Crippen LogP contribution in [0.25, 0.3) is 0 Å². The van der Waals surface area contributed by atoms with Crippen LogP contribution in [-0.2, 0) is 19.7 Å². The van der Waals surface area contributed by atoms with Crippen molar-refractivity contribution in [2.75, 3.05) is 0 Å². The van der Waals surface area contributed by atoms with E-state index < -0.39 is 0 Å². The van der Waals surface area contributed by atoms with Crippen LogP contribution in [0.3, 0.4) is 0 Å². The zero-order valence-corrected chi connectivity index (χ0v) is 13.3. The Balaban J connectivity index is 1.77. The number of nitrogens with zero attached hydrogens (tertiary/aromatic N) is 2. The van der Waals surface area contributed by atoms with E-state index in [1.54, 1.807) is 24.7 Å². The minimum atomic E-state index is -0.245. The average Bonchev–Trinajstić information content (AvgIpc) is 3.13. The van der Waals surface area contributed by atoms with E-state index in [4.69, 9.17) is 0 Å². The molecule has 24 heavy (non-hydrogen) atoms. The summed E-state index contributed by atoms with van der Waals surface area (Å²) in [5.41, 5.74) is 2.97. The van der Waals surface area contributed by atoms with E-state index in [2.05, 4.69) is 10.3 Å². The van der Waals surface area contributed by atoms with Crippen molar-refractivity contribution in [3.05, 3.63) is 89.8 Å². The molecular formula is C19H20FN3O. The molecule has 0 bridgehead atoms. The van der Waals surface area contributed by atoms with Gasteiger partial charge in [-0.05, 0) is 28.8 Å². The summed E-state index contributed by atoms with van der Waals surface area (Å²) < 4.78 is 15.2. The monoisotopic (exact) mass is 325 g/mol. The van der Waals surface area contributed by atoms with E-state index in [1.807, 2.05) is 35.0 Å². The Labute approximate surface area is 140 Å². The highest BCUT2D eigenvalue weighted by Crippen LogP contribution is 2.18. The Bertz CT molecular complexity index is 757. The van der Waals surface area contributed by atoms with Gasteiger partial charge in [-0.25, -0.2) is 9.37 Å². The van der Waals surface area contributed by atoms with Crippen LogP contribution in [0.1, 0.15) is 22.7 Å². The third kappa shape index (κ3) is 4.07. The van der Waals surface area contributed by atoms with Crippen LogP contribution in [0, 0.1) is 5.82 Å². The first-order valence-electron chi connectivity index (χ1n) is 7.88. The van der Waals surface area contributed by atoms with Crippen molar-refractivity contribution < 1.29 is 9.50 Å². The number of nitrogens with one attached hydrogen (secondary N) is 1. The fourth-order valence-corrected chi connectivity index (χ4v) is 2.71. The normalized spacial score (nSPS) is 12.2. The molecule has 0 radical (unpaired) electrons. The number of benzene rings is 2. The van der Waals surface area contributed by atoms with Gasteiger partial charge in [0.2, 0.25) is 0 Å². The number of aromatic nitrogens is 2. The van der Waals surface area contributed by atoms with Gasteiger partial charge in [-0.1, -0.05) is 36.4 Å². The lowest BCUT2D eigenvalue weighted by Crippen LogP contribution is -2.25. The van der Waals surface area contributed by atoms with Crippen LogP contribution in [0.2, 0.25) is 0 Å². The summed E-state index contributed by atoms with van der Waals surface area (Å²) in [5, 5.41) is 13.0. The smallest absolute Gasteiger partial charge is 0.123 e. The molecule has 1 atom stereocenters. The number of aliphatic hydroxyl groups is 1. The Morgan fingerprint density at radius 2 is 1.83 bits per heavy atom. The van der Waals surface area contributed by atoms with Crippen LogP contribution in [-0.4, -0.2) is 14.7 Å². The fourth-order valence-electron chi connectivity index (χ4n) is 2.71. The lowest BCUT2D eigenvalue weighted by Gasteiger charge is -2.21. The van der Waals surface area contributed by atoms with Crippen molar-refractivity contribution in [3.63, 3.8) is 0 Å². The molecule has 1 aromatic heterocycles. The highest BCUT2D eigenvalue weighted by molar-refractivity contribution is 5.27. The molecule has 5 heteroatoms. The van der Waals surface area contributed by atoms with E-state index in [-0.39, 0.29) is 18.5 Å². The van der Waals surface area contributed by atoms with Gasteiger partial charge >= 0.3 is 0 Å². The Morgan fingerprint density at radius 1 is 1.08 bits per heavy atom.